The zero-order valence-electron chi connectivity index (χ0n) is 12.0. The summed E-state index contributed by atoms with van der Waals surface area (Å²) in [5.41, 5.74) is 8.27. The number of nitro groups is 1. The Labute approximate surface area is 135 Å². The van der Waals surface area contributed by atoms with E-state index in [1.54, 1.807) is 18.2 Å². The van der Waals surface area contributed by atoms with Crippen molar-refractivity contribution in [3.8, 4) is 22.8 Å². The van der Waals surface area contributed by atoms with Crippen LogP contribution in [0.5, 0.6) is 0 Å². The van der Waals surface area contributed by atoms with Crippen molar-refractivity contribution in [2.45, 2.75) is 6.92 Å². The third-order valence-electron chi connectivity index (χ3n) is 3.43. The second-order valence-electron chi connectivity index (χ2n) is 4.87. The molecule has 0 aliphatic heterocycles. The molecule has 23 heavy (non-hydrogen) atoms. The molecular formula is C15H11ClN4O3. The number of benzene rings is 2. The van der Waals surface area contributed by atoms with Gasteiger partial charge in [0.05, 0.1) is 4.92 Å². The summed E-state index contributed by atoms with van der Waals surface area (Å²) in [6.45, 7) is 1.85. The number of hydrogen-bond donors (Lipinski definition) is 1. The molecule has 0 amide bonds. The van der Waals surface area contributed by atoms with Gasteiger partial charge in [-0.15, -0.1) is 0 Å². The first-order chi connectivity index (χ1) is 11.0. The molecule has 0 spiro atoms. The van der Waals surface area contributed by atoms with E-state index in [-0.39, 0.29) is 16.6 Å². The zero-order chi connectivity index (χ0) is 16.6. The largest absolute Gasteiger partial charge is 0.398 e. The Bertz CT molecular complexity index is 907. The second-order valence-corrected chi connectivity index (χ2v) is 5.27. The third-order valence-corrected chi connectivity index (χ3v) is 3.75. The number of nitrogen functional groups attached to an aromatic ring is 1. The summed E-state index contributed by atoms with van der Waals surface area (Å²) in [6, 6.07) is 9.70. The molecule has 2 aromatic carbocycles. The monoisotopic (exact) mass is 330 g/mol. The lowest BCUT2D eigenvalue weighted by Gasteiger charge is -2.03. The fourth-order valence-electron chi connectivity index (χ4n) is 2.13. The van der Waals surface area contributed by atoms with Crippen molar-refractivity contribution in [3.05, 3.63) is 57.1 Å². The van der Waals surface area contributed by atoms with E-state index in [0.29, 0.717) is 17.1 Å². The van der Waals surface area contributed by atoms with Gasteiger partial charge in [-0.1, -0.05) is 28.9 Å². The number of anilines is 1. The normalized spacial score (nSPS) is 10.7. The minimum absolute atomic E-state index is 0.0465. The van der Waals surface area contributed by atoms with Crippen LogP contribution in [0.3, 0.4) is 0 Å². The van der Waals surface area contributed by atoms with Gasteiger partial charge in [0.25, 0.3) is 11.6 Å². The molecule has 7 nitrogen and oxygen atoms in total. The maximum Gasteiger partial charge on any atom is 0.288 e. The summed E-state index contributed by atoms with van der Waals surface area (Å²) in [6.07, 6.45) is 0. The average molecular weight is 331 g/mol. The van der Waals surface area contributed by atoms with Crippen LogP contribution in [0, 0.1) is 17.0 Å². The molecule has 0 fully saturated rings. The lowest BCUT2D eigenvalue weighted by molar-refractivity contribution is -0.384. The molecule has 0 saturated carbocycles. The molecule has 1 heterocycles. The van der Waals surface area contributed by atoms with E-state index >= 15 is 0 Å². The van der Waals surface area contributed by atoms with Crippen molar-refractivity contribution in [1.82, 2.24) is 10.1 Å². The van der Waals surface area contributed by atoms with E-state index in [0.717, 1.165) is 11.1 Å². The summed E-state index contributed by atoms with van der Waals surface area (Å²) in [4.78, 5) is 14.7. The predicted molar refractivity (Wildman–Crippen MR) is 86.0 cm³/mol. The SMILES string of the molecule is Cc1c(N)cccc1-c1noc(-c2ccc(Cl)c([N+](=O)[O-])c2)n1. The molecular weight excluding hydrogens is 320 g/mol. The third kappa shape index (κ3) is 2.74. The standard InChI is InChI=1S/C15H11ClN4O3/c1-8-10(3-2-4-12(8)17)14-18-15(23-19-14)9-5-6-11(16)13(7-9)20(21)22/h2-7H,17H2,1H3. The van der Waals surface area contributed by atoms with Gasteiger partial charge in [0.2, 0.25) is 5.82 Å². The van der Waals surface area contributed by atoms with E-state index in [1.807, 2.05) is 13.0 Å². The van der Waals surface area contributed by atoms with Gasteiger partial charge in [0, 0.05) is 22.9 Å². The second kappa shape index (κ2) is 5.69. The average Bonchev–Trinajstić information content (AvgIpc) is 3.00. The lowest BCUT2D eigenvalue weighted by atomic mass is 10.1. The molecule has 0 atom stereocenters. The first kappa shape index (κ1) is 15.0. The Morgan fingerprint density at radius 1 is 1.30 bits per heavy atom. The summed E-state index contributed by atoms with van der Waals surface area (Å²) in [7, 11) is 0. The molecule has 8 heteroatoms. The van der Waals surface area contributed by atoms with Gasteiger partial charge in [0.1, 0.15) is 5.02 Å². The number of nitrogens with two attached hydrogens (primary N) is 1. The van der Waals surface area contributed by atoms with Crippen molar-refractivity contribution in [2.75, 3.05) is 5.73 Å². The highest BCUT2D eigenvalue weighted by Crippen LogP contribution is 2.31. The smallest absolute Gasteiger partial charge is 0.288 e. The number of aromatic nitrogens is 2. The predicted octanol–water partition coefficient (Wildman–Crippen LogP) is 3.86. The van der Waals surface area contributed by atoms with Gasteiger partial charge in [-0.25, -0.2) is 0 Å². The molecule has 116 valence electrons. The fourth-order valence-corrected chi connectivity index (χ4v) is 2.32. The number of rotatable bonds is 3. The van der Waals surface area contributed by atoms with Crippen LogP contribution in [0.2, 0.25) is 5.02 Å². The molecule has 0 saturated heterocycles. The first-order valence-electron chi connectivity index (χ1n) is 6.61. The Hall–Kier alpha value is -2.93. The minimum atomic E-state index is -0.564. The number of nitrogens with zero attached hydrogens (tertiary/aromatic N) is 3. The maximum absolute atomic E-state index is 11.0. The Morgan fingerprint density at radius 2 is 2.09 bits per heavy atom. The van der Waals surface area contributed by atoms with Crippen LogP contribution in [-0.2, 0) is 0 Å². The quantitative estimate of drug-likeness (QED) is 0.444. The highest BCUT2D eigenvalue weighted by atomic mass is 35.5. The fraction of sp³-hybridized carbons (Fsp3) is 0.0667. The summed E-state index contributed by atoms with van der Waals surface area (Å²) < 4.78 is 5.21. The van der Waals surface area contributed by atoms with E-state index in [9.17, 15) is 10.1 Å². The van der Waals surface area contributed by atoms with Crippen molar-refractivity contribution in [2.24, 2.45) is 0 Å². The van der Waals surface area contributed by atoms with Gasteiger partial charge < -0.3 is 10.3 Å². The Kier molecular flexibility index (Phi) is 3.71. The van der Waals surface area contributed by atoms with Gasteiger partial charge in [0.15, 0.2) is 0 Å². The van der Waals surface area contributed by atoms with Gasteiger partial charge in [-0.3, -0.25) is 10.1 Å². The van der Waals surface area contributed by atoms with Gasteiger partial charge >= 0.3 is 0 Å². The number of halogens is 1. The van der Waals surface area contributed by atoms with E-state index in [1.165, 1.54) is 12.1 Å². The highest BCUT2D eigenvalue weighted by molar-refractivity contribution is 6.32. The maximum atomic E-state index is 11.0. The van der Waals surface area contributed by atoms with Crippen LogP contribution in [0.15, 0.2) is 40.9 Å². The van der Waals surface area contributed by atoms with Crippen LogP contribution in [0.25, 0.3) is 22.8 Å². The lowest BCUT2D eigenvalue weighted by Crippen LogP contribution is -1.93. The Morgan fingerprint density at radius 3 is 2.83 bits per heavy atom. The highest BCUT2D eigenvalue weighted by Gasteiger charge is 2.18. The molecule has 3 aromatic rings. The van der Waals surface area contributed by atoms with Crippen LogP contribution in [-0.4, -0.2) is 15.1 Å². The number of hydrogen-bond acceptors (Lipinski definition) is 6. The van der Waals surface area contributed by atoms with Crippen LogP contribution < -0.4 is 5.73 Å². The molecule has 0 radical (unpaired) electrons. The number of nitro benzene ring substituents is 1. The van der Waals surface area contributed by atoms with Gasteiger partial charge in [-0.05, 0) is 30.7 Å². The van der Waals surface area contributed by atoms with Crippen LogP contribution in [0.4, 0.5) is 11.4 Å². The molecule has 0 unspecified atom stereocenters. The first-order valence-corrected chi connectivity index (χ1v) is 6.98. The molecule has 0 aliphatic rings. The van der Waals surface area contributed by atoms with Gasteiger partial charge in [-0.2, -0.15) is 4.98 Å². The van der Waals surface area contributed by atoms with Crippen molar-refractivity contribution in [1.29, 1.82) is 0 Å². The Balaban J connectivity index is 2.04. The van der Waals surface area contributed by atoms with Crippen LogP contribution in [0.1, 0.15) is 5.56 Å². The van der Waals surface area contributed by atoms with Crippen molar-refractivity contribution in [3.63, 3.8) is 0 Å². The van der Waals surface area contributed by atoms with E-state index in [2.05, 4.69) is 10.1 Å². The molecule has 1 aromatic heterocycles. The topological polar surface area (TPSA) is 108 Å². The molecule has 3 rings (SSSR count). The van der Waals surface area contributed by atoms with Crippen LogP contribution >= 0.6 is 11.6 Å². The van der Waals surface area contributed by atoms with Crippen molar-refractivity contribution < 1.29 is 9.45 Å². The summed E-state index contributed by atoms with van der Waals surface area (Å²) >= 11 is 5.80. The van der Waals surface area contributed by atoms with E-state index in [4.69, 9.17) is 21.9 Å². The van der Waals surface area contributed by atoms with E-state index < -0.39 is 4.92 Å². The molecule has 2 N–H and O–H groups in total. The zero-order valence-corrected chi connectivity index (χ0v) is 12.7. The molecule has 0 bridgehead atoms. The minimum Gasteiger partial charge on any atom is -0.398 e. The van der Waals surface area contributed by atoms with Crippen molar-refractivity contribution >= 4 is 23.0 Å². The summed E-state index contributed by atoms with van der Waals surface area (Å²) in [5.74, 6) is 0.531. The molecule has 0 aliphatic carbocycles. The summed E-state index contributed by atoms with van der Waals surface area (Å²) in [5, 5.41) is 14.9.